The SMILES string of the molecule is Cc1ccc2nc(-c3ccccc3NS(=O)(=O)c3cccs3)ccc2c1. The first-order valence-corrected chi connectivity index (χ1v) is 10.4. The zero-order valence-corrected chi connectivity index (χ0v) is 15.6. The Kier molecular flexibility index (Phi) is 4.22. The number of benzene rings is 2. The molecule has 0 saturated heterocycles. The summed E-state index contributed by atoms with van der Waals surface area (Å²) in [6.45, 7) is 2.04. The number of aromatic nitrogens is 1. The van der Waals surface area contributed by atoms with Crippen molar-refractivity contribution in [2.45, 2.75) is 11.1 Å². The summed E-state index contributed by atoms with van der Waals surface area (Å²) in [5.41, 5.74) is 4.04. The number of pyridine rings is 1. The van der Waals surface area contributed by atoms with Gasteiger partial charge in [-0.2, -0.15) is 0 Å². The Morgan fingerprint density at radius 2 is 1.81 bits per heavy atom. The Labute approximate surface area is 156 Å². The van der Waals surface area contributed by atoms with Crippen molar-refractivity contribution in [3.63, 3.8) is 0 Å². The highest BCUT2D eigenvalue weighted by Gasteiger charge is 2.17. The molecule has 26 heavy (non-hydrogen) atoms. The van der Waals surface area contributed by atoms with E-state index in [4.69, 9.17) is 4.98 Å². The van der Waals surface area contributed by atoms with E-state index in [1.54, 1.807) is 29.6 Å². The summed E-state index contributed by atoms with van der Waals surface area (Å²) in [5, 5.41) is 2.80. The van der Waals surface area contributed by atoms with Gasteiger partial charge in [0.2, 0.25) is 0 Å². The summed E-state index contributed by atoms with van der Waals surface area (Å²) in [7, 11) is -3.61. The lowest BCUT2D eigenvalue weighted by atomic mass is 10.1. The zero-order valence-electron chi connectivity index (χ0n) is 14.0. The van der Waals surface area contributed by atoms with Crippen molar-refractivity contribution < 1.29 is 8.42 Å². The van der Waals surface area contributed by atoms with Gasteiger partial charge in [-0.25, -0.2) is 13.4 Å². The summed E-state index contributed by atoms with van der Waals surface area (Å²) >= 11 is 1.19. The van der Waals surface area contributed by atoms with Gasteiger partial charge in [0.05, 0.1) is 16.9 Å². The van der Waals surface area contributed by atoms with Crippen LogP contribution in [-0.2, 0) is 10.0 Å². The third kappa shape index (κ3) is 3.21. The predicted octanol–water partition coefficient (Wildman–Crippen LogP) is 5.07. The molecule has 130 valence electrons. The maximum Gasteiger partial charge on any atom is 0.271 e. The van der Waals surface area contributed by atoms with E-state index in [-0.39, 0.29) is 4.21 Å². The molecule has 2 heterocycles. The van der Waals surface area contributed by atoms with Crippen LogP contribution in [0.4, 0.5) is 5.69 Å². The van der Waals surface area contributed by atoms with Gasteiger partial charge in [0.1, 0.15) is 4.21 Å². The molecule has 4 rings (SSSR count). The van der Waals surface area contributed by atoms with E-state index in [1.807, 2.05) is 43.3 Å². The number of fused-ring (bicyclic) bond motifs is 1. The van der Waals surface area contributed by atoms with Crippen molar-refractivity contribution in [1.82, 2.24) is 4.98 Å². The first-order chi connectivity index (χ1) is 12.5. The minimum atomic E-state index is -3.61. The van der Waals surface area contributed by atoms with E-state index in [0.717, 1.165) is 22.2 Å². The van der Waals surface area contributed by atoms with Crippen molar-refractivity contribution in [2.24, 2.45) is 0 Å². The molecule has 0 spiro atoms. The number of nitrogens with zero attached hydrogens (tertiary/aromatic N) is 1. The quantitative estimate of drug-likeness (QED) is 0.537. The molecule has 1 N–H and O–H groups in total. The monoisotopic (exact) mass is 380 g/mol. The molecule has 0 aliphatic rings. The minimum Gasteiger partial charge on any atom is -0.278 e. The molecule has 0 fully saturated rings. The van der Waals surface area contributed by atoms with Gasteiger partial charge in [0.25, 0.3) is 10.0 Å². The van der Waals surface area contributed by atoms with Gasteiger partial charge < -0.3 is 0 Å². The summed E-state index contributed by atoms with van der Waals surface area (Å²) in [6, 6.07) is 20.6. The van der Waals surface area contributed by atoms with Crippen LogP contribution in [0.1, 0.15) is 5.56 Å². The summed E-state index contributed by atoms with van der Waals surface area (Å²) in [4.78, 5) is 4.71. The second-order valence-corrected chi connectivity index (χ2v) is 8.83. The molecule has 2 aromatic heterocycles. The molecule has 0 radical (unpaired) electrons. The van der Waals surface area contributed by atoms with Gasteiger partial charge in [-0.05, 0) is 42.6 Å². The highest BCUT2D eigenvalue weighted by molar-refractivity contribution is 7.94. The van der Waals surface area contributed by atoms with Crippen LogP contribution in [0.5, 0.6) is 0 Å². The Balaban J connectivity index is 1.78. The predicted molar refractivity (Wildman–Crippen MR) is 107 cm³/mol. The highest BCUT2D eigenvalue weighted by Crippen LogP contribution is 2.30. The number of sulfonamides is 1. The first kappa shape index (κ1) is 16.8. The Bertz CT molecular complexity index is 1180. The van der Waals surface area contributed by atoms with Crippen molar-refractivity contribution in [1.29, 1.82) is 0 Å². The molecule has 4 nitrogen and oxygen atoms in total. The normalized spacial score (nSPS) is 11.6. The Hall–Kier alpha value is -2.70. The van der Waals surface area contributed by atoms with E-state index < -0.39 is 10.0 Å². The lowest BCUT2D eigenvalue weighted by Gasteiger charge is -2.12. The van der Waals surface area contributed by atoms with Crippen LogP contribution in [0.15, 0.2) is 76.3 Å². The van der Waals surface area contributed by atoms with Gasteiger partial charge in [-0.1, -0.05) is 42.0 Å². The second kappa shape index (κ2) is 6.55. The number of para-hydroxylation sites is 1. The molecule has 4 aromatic rings. The Morgan fingerprint density at radius 3 is 2.62 bits per heavy atom. The first-order valence-electron chi connectivity index (χ1n) is 8.06. The molecule has 2 aromatic carbocycles. The van der Waals surface area contributed by atoms with Crippen LogP contribution >= 0.6 is 11.3 Å². The summed E-state index contributed by atoms with van der Waals surface area (Å²) in [5.74, 6) is 0. The molecule has 0 unspecified atom stereocenters. The largest absolute Gasteiger partial charge is 0.278 e. The third-order valence-corrected chi connectivity index (χ3v) is 6.81. The van der Waals surface area contributed by atoms with Crippen molar-refractivity contribution in [2.75, 3.05) is 4.72 Å². The lowest BCUT2D eigenvalue weighted by molar-refractivity contribution is 0.603. The molecule has 0 amide bonds. The smallest absolute Gasteiger partial charge is 0.271 e. The maximum atomic E-state index is 12.6. The number of hydrogen-bond donors (Lipinski definition) is 1. The molecular formula is C20H16N2O2S2. The van der Waals surface area contributed by atoms with E-state index in [9.17, 15) is 8.42 Å². The van der Waals surface area contributed by atoms with Crippen LogP contribution in [0.3, 0.4) is 0 Å². The fourth-order valence-corrected chi connectivity index (χ4v) is 4.87. The second-order valence-electron chi connectivity index (χ2n) is 5.98. The number of aryl methyl sites for hydroxylation is 1. The minimum absolute atomic E-state index is 0.286. The van der Waals surface area contributed by atoms with E-state index in [2.05, 4.69) is 10.8 Å². The average molecular weight is 380 g/mol. The number of anilines is 1. The maximum absolute atomic E-state index is 12.6. The summed E-state index contributed by atoms with van der Waals surface area (Å²) < 4.78 is 28.1. The molecule has 6 heteroatoms. The number of hydrogen-bond acceptors (Lipinski definition) is 4. The molecule has 0 aliphatic carbocycles. The van der Waals surface area contributed by atoms with E-state index >= 15 is 0 Å². The van der Waals surface area contributed by atoms with E-state index in [1.165, 1.54) is 16.9 Å². The topological polar surface area (TPSA) is 59.1 Å². The van der Waals surface area contributed by atoms with Gasteiger partial charge >= 0.3 is 0 Å². The third-order valence-electron chi connectivity index (χ3n) is 4.05. The van der Waals surface area contributed by atoms with Crippen molar-refractivity contribution in [3.05, 3.63) is 77.7 Å². The summed E-state index contributed by atoms with van der Waals surface area (Å²) in [6.07, 6.45) is 0. The fourth-order valence-electron chi connectivity index (χ4n) is 2.80. The standard InChI is InChI=1S/C20H16N2O2S2/c1-14-8-10-17-15(13-14)9-11-18(21-17)16-5-2-3-6-19(16)22-26(23,24)20-7-4-12-25-20/h2-13,22H,1H3. The van der Waals surface area contributed by atoms with Crippen molar-refractivity contribution >= 4 is 38.0 Å². The molecular weight excluding hydrogens is 364 g/mol. The molecule has 0 atom stereocenters. The van der Waals surface area contributed by atoms with Crippen molar-refractivity contribution in [3.8, 4) is 11.3 Å². The number of nitrogens with one attached hydrogen (secondary N) is 1. The average Bonchev–Trinajstić information content (AvgIpc) is 3.17. The van der Waals surface area contributed by atoms with E-state index in [0.29, 0.717) is 5.69 Å². The zero-order chi connectivity index (χ0) is 18.1. The van der Waals surface area contributed by atoms with Gasteiger partial charge in [0, 0.05) is 10.9 Å². The lowest BCUT2D eigenvalue weighted by Crippen LogP contribution is -2.12. The van der Waals surface area contributed by atoms with Gasteiger partial charge in [0.15, 0.2) is 0 Å². The number of thiophene rings is 1. The fraction of sp³-hybridized carbons (Fsp3) is 0.0500. The van der Waals surface area contributed by atoms with Crippen LogP contribution in [-0.4, -0.2) is 13.4 Å². The van der Waals surface area contributed by atoms with Crippen LogP contribution < -0.4 is 4.72 Å². The van der Waals surface area contributed by atoms with Gasteiger partial charge in [-0.3, -0.25) is 4.72 Å². The van der Waals surface area contributed by atoms with Gasteiger partial charge in [-0.15, -0.1) is 11.3 Å². The molecule has 0 saturated carbocycles. The van der Waals surface area contributed by atoms with Crippen LogP contribution in [0.2, 0.25) is 0 Å². The van der Waals surface area contributed by atoms with Crippen LogP contribution in [0, 0.1) is 6.92 Å². The highest BCUT2D eigenvalue weighted by atomic mass is 32.2. The molecule has 0 bridgehead atoms. The number of rotatable bonds is 4. The Morgan fingerprint density at radius 1 is 0.962 bits per heavy atom. The molecule has 0 aliphatic heterocycles. The van der Waals surface area contributed by atoms with Crippen LogP contribution in [0.25, 0.3) is 22.2 Å².